The molecule has 114 valence electrons. The van der Waals surface area contributed by atoms with Crippen molar-refractivity contribution in [1.82, 2.24) is 0 Å². The maximum Gasteiger partial charge on any atom is 0.178 e. The van der Waals surface area contributed by atoms with Crippen LogP contribution in [0.1, 0.15) is 26.2 Å². The second-order valence-corrected chi connectivity index (χ2v) is 6.62. The molecule has 1 spiro atoms. The maximum absolute atomic E-state index is 11.7. The van der Waals surface area contributed by atoms with E-state index in [1.54, 1.807) is 12.2 Å². The summed E-state index contributed by atoms with van der Waals surface area (Å²) in [5.74, 6) is 0.789. The average molecular weight is 290 g/mol. The first-order valence-electron chi connectivity index (χ1n) is 8.00. The van der Waals surface area contributed by atoms with Crippen LogP contribution in [0.2, 0.25) is 0 Å². The molecule has 3 fully saturated rings. The molecule has 5 atom stereocenters. The summed E-state index contributed by atoms with van der Waals surface area (Å²) >= 11 is 0. The molecule has 4 nitrogen and oxygen atoms in total. The highest BCUT2D eigenvalue weighted by molar-refractivity contribution is 6.01. The van der Waals surface area contributed by atoms with Crippen LogP contribution in [0.25, 0.3) is 0 Å². The molecule has 0 radical (unpaired) electrons. The predicted octanol–water partition coefficient (Wildman–Crippen LogP) is 2.04. The van der Waals surface area contributed by atoms with Crippen molar-refractivity contribution >= 4 is 5.78 Å². The van der Waals surface area contributed by atoms with Crippen molar-refractivity contribution in [3.8, 4) is 0 Å². The maximum atomic E-state index is 11.7. The summed E-state index contributed by atoms with van der Waals surface area (Å²) in [4.78, 5) is 11.7. The molecule has 0 bridgehead atoms. The van der Waals surface area contributed by atoms with E-state index in [1.807, 2.05) is 13.0 Å². The third-order valence-corrected chi connectivity index (χ3v) is 5.51. The van der Waals surface area contributed by atoms with E-state index in [4.69, 9.17) is 14.2 Å². The van der Waals surface area contributed by atoms with Crippen LogP contribution in [0.5, 0.6) is 0 Å². The van der Waals surface area contributed by atoms with Crippen LogP contribution in [0.4, 0.5) is 0 Å². The molecular weight excluding hydrogens is 268 g/mol. The highest BCUT2D eigenvalue weighted by Crippen LogP contribution is 2.50. The highest BCUT2D eigenvalue weighted by Gasteiger charge is 2.56. The molecule has 0 saturated carbocycles. The zero-order valence-corrected chi connectivity index (χ0v) is 12.4. The Morgan fingerprint density at radius 3 is 3.05 bits per heavy atom. The lowest BCUT2D eigenvalue weighted by atomic mass is 9.65. The topological polar surface area (TPSA) is 44.8 Å². The van der Waals surface area contributed by atoms with Gasteiger partial charge in [-0.3, -0.25) is 4.79 Å². The minimum Gasteiger partial charge on any atom is -0.379 e. The van der Waals surface area contributed by atoms with Crippen molar-refractivity contribution < 1.29 is 19.0 Å². The molecule has 0 N–H and O–H groups in total. The Bertz CT molecular complexity index is 509. The fourth-order valence-electron chi connectivity index (χ4n) is 4.51. The highest BCUT2D eigenvalue weighted by atomic mass is 16.6. The first-order valence-corrected chi connectivity index (χ1v) is 8.00. The van der Waals surface area contributed by atoms with Crippen LogP contribution in [-0.4, -0.2) is 43.4 Å². The van der Waals surface area contributed by atoms with E-state index in [0.717, 1.165) is 38.0 Å². The molecule has 3 heterocycles. The van der Waals surface area contributed by atoms with Gasteiger partial charge in [-0.2, -0.15) is 0 Å². The van der Waals surface area contributed by atoms with Crippen LogP contribution in [0.3, 0.4) is 0 Å². The Morgan fingerprint density at radius 2 is 2.19 bits per heavy atom. The van der Waals surface area contributed by atoms with E-state index in [9.17, 15) is 4.79 Å². The van der Waals surface area contributed by atoms with Crippen LogP contribution in [0, 0.1) is 11.8 Å². The summed E-state index contributed by atoms with van der Waals surface area (Å²) < 4.78 is 18.3. The number of allylic oxidation sites excluding steroid dienone is 2. The van der Waals surface area contributed by atoms with Crippen molar-refractivity contribution in [2.75, 3.05) is 19.8 Å². The molecule has 4 aliphatic rings. The lowest BCUT2D eigenvalue weighted by Crippen LogP contribution is -2.62. The van der Waals surface area contributed by atoms with Crippen molar-refractivity contribution in [3.05, 3.63) is 23.8 Å². The number of ether oxygens (including phenoxy) is 3. The molecule has 0 aromatic heterocycles. The second-order valence-electron chi connectivity index (χ2n) is 6.62. The number of carbonyl (C=O) groups is 1. The fourth-order valence-corrected chi connectivity index (χ4v) is 4.51. The summed E-state index contributed by atoms with van der Waals surface area (Å²) in [7, 11) is 0. The van der Waals surface area contributed by atoms with E-state index in [0.29, 0.717) is 18.4 Å². The van der Waals surface area contributed by atoms with Gasteiger partial charge in [0.1, 0.15) is 5.60 Å². The summed E-state index contributed by atoms with van der Waals surface area (Å²) in [6.45, 7) is 4.28. The van der Waals surface area contributed by atoms with Gasteiger partial charge in [-0.1, -0.05) is 0 Å². The van der Waals surface area contributed by atoms with Gasteiger partial charge < -0.3 is 14.2 Å². The Labute approximate surface area is 125 Å². The van der Waals surface area contributed by atoms with E-state index in [-0.39, 0.29) is 18.0 Å². The number of rotatable bonds is 0. The molecule has 0 amide bonds. The third kappa shape index (κ3) is 2.04. The normalized spacial score (nSPS) is 46.0. The van der Waals surface area contributed by atoms with Gasteiger partial charge in [-0.25, -0.2) is 0 Å². The Balaban J connectivity index is 1.75. The third-order valence-electron chi connectivity index (χ3n) is 5.51. The van der Waals surface area contributed by atoms with Crippen molar-refractivity contribution in [2.24, 2.45) is 11.8 Å². The van der Waals surface area contributed by atoms with Crippen molar-refractivity contribution in [2.45, 2.75) is 44.0 Å². The largest absolute Gasteiger partial charge is 0.379 e. The fraction of sp³-hybridized carbons (Fsp3) is 0.706. The van der Waals surface area contributed by atoms with E-state index >= 15 is 0 Å². The molecule has 0 aromatic carbocycles. The molecule has 3 saturated heterocycles. The Kier molecular flexibility index (Phi) is 3.28. The molecule has 21 heavy (non-hydrogen) atoms. The van der Waals surface area contributed by atoms with Crippen LogP contribution in [-0.2, 0) is 19.0 Å². The molecule has 0 aromatic rings. The lowest BCUT2D eigenvalue weighted by molar-refractivity contribution is -0.250. The van der Waals surface area contributed by atoms with Crippen LogP contribution >= 0.6 is 0 Å². The van der Waals surface area contributed by atoms with Crippen LogP contribution < -0.4 is 0 Å². The lowest BCUT2D eigenvalue weighted by Gasteiger charge is -2.56. The number of hydrogen-bond donors (Lipinski definition) is 0. The zero-order chi connectivity index (χ0) is 14.4. The van der Waals surface area contributed by atoms with E-state index < -0.39 is 5.60 Å². The summed E-state index contributed by atoms with van der Waals surface area (Å²) in [6, 6.07) is 0. The first kappa shape index (κ1) is 13.7. The number of hydrogen-bond acceptors (Lipinski definition) is 4. The molecule has 4 heteroatoms. The van der Waals surface area contributed by atoms with E-state index in [1.165, 1.54) is 0 Å². The summed E-state index contributed by atoms with van der Waals surface area (Å²) in [6.07, 6.45) is 8.81. The number of ketones is 1. The van der Waals surface area contributed by atoms with E-state index in [2.05, 4.69) is 0 Å². The van der Waals surface area contributed by atoms with Crippen LogP contribution in [0.15, 0.2) is 23.8 Å². The van der Waals surface area contributed by atoms with Gasteiger partial charge in [0.05, 0.1) is 18.8 Å². The minimum atomic E-state index is -0.471. The standard InChI is InChI=1S/C17H22O4/c1-11-9-12(18)4-6-17(11)14-3-2-7-20-16(14)13-5-8-19-10-15(13)21-17/h4,6,9,13-16H,2-3,5,7-8,10H2,1H3/t13-,14-,15+,16+,17?/m0/s1. The average Bonchev–Trinajstić information content (AvgIpc) is 2.51. The minimum absolute atomic E-state index is 0.0528. The Hall–Kier alpha value is -0.970. The van der Waals surface area contributed by atoms with Crippen molar-refractivity contribution in [1.29, 1.82) is 0 Å². The van der Waals surface area contributed by atoms with Gasteiger partial charge >= 0.3 is 0 Å². The van der Waals surface area contributed by atoms with Gasteiger partial charge in [-0.05, 0) is 50.0 Å². The summed E-state index contributed by atoms with van der Waals surface area (Å²) in [5.41, 5.74) is 0.542. The predicted molar refractivity (Wildman–Crippen MR) is 76.9 cm³/mol. The molecule has 1 aliphatic carbocycles. The SMILES string of the molecule is CC1=CC(=O)C=CC12O[C@@H]1COCC[C@@H]1[C@H]1OCCC[C@@H]12. The Morgan fingerprint density at radius 1 is 1.29 bits per heavy atom. The number of carbonyl (C=O) groups excluding carboxylic acids is 1. The van der Waals surface area contributed by atoms with Gasteiger partial charge in [0, 0.05) is 25.0 Å². The quantitative estimate of drug-likeness (QED) is 0.685. The van der Waals surface area contributed by atoms with Gasteiger partial charge in [0.2, 0.25) is 0 Å². The van der Waals surface area contributed by atoms with Gasteiger partial charge in [0.25, 0.3) is 0 Å². The molecule has 3 aliphatic heterocycles. The molecule has 4 rings (SSSR count). The number of fused-ring (bicyclic) bond motifs is 4. The smallest absolute Gasteiger partial charge is 0.178 e. The van der Waals surface area contributed by atoms with Gasteiger partial charge in [0.15, 0.2) is 5.78 Å². The zero-order valence-electron chi connectivity index (χ0n) is 12.4. The monoisotopic (exact) mass is 290 g/mol. The molecular formula is C17H22O4. The summed E-state index contributed by atoms with van der Waals surface area (Å²) in [5, 5.41) is 0. The first-order chi connectivity index (χ1) is 10.2. The van der Waals surface area contributed by atoms with Crippen molar-refractivity contribution in [3.63, 3.8) is 0 Å². The molecule has 1 unspecified atom stereocenters. The second kappa shape index (κ2) is 5.04. The van der Waals surface area contributed by atoms with Gasteiger partial charge in [-0.15, -0.1) is 0 Å².